The van der Waals surface area contributed by atoms with Crippen LogP contribution in [0.3, 0.4) is 0 Å². The second-order valence-corrected chi connectivity index (χ2v) is 7.44. The molecule has 0 N–H and O–H groups in total. The summed E-state index contributed by atoms with van der Waals surface area (Å²) in [7, 11) is 2.08. The number of rotatable bonds is 13. The summed E-state index contributed by atoms with van der Waals surface area (Å²) < 4.78 is 2.18. The summed E-state index contributed by atoms with van der Waals surface area (Å²) in [6.07, 6.45) is 17.5. The van der Waals surface area contributed by atoms with Crippen LogP contribution in [-0.2, 0) is 13.5 Å². The Balaban J connectivity index is 1.61. The Bertz CT molecular complexity index is 729. The van der Waals surface area contributed by atoms with Gasteiger partial charge in [0.1, 0.15) is 0 Å². The van der Waals surface area contributed by atoms with Crippen LogP contribution < -0.4 is 5.43 Å². The smallest absolute Gasteiger partial charge is 0.189 e. The van der Waals surface area contributed by atoms with Crippen molar-refractivity contribution in [3.8, 4) is 0 Å². The molecule has 2 nitrogen and oxygen atoms in total. The fourth-order valence-corrected chi connectivity index (χ4v) is 3.70. The lowest BCUT2D eigenvalue weighted by Gasteiger charge is -2.12. The second kappa shape index (κ2) is 11.7. The van der Waals surface area contributed by atoms with Crippen LogP contribution in [0.25, 0.3) is 10.9 Å². The molecule has 0 unspecified atom stereocenters. The van der Waals surface area contributed by atoms with Gasteiger partial charge in [-0.2, -0.15) is 0 Å². The van der Waals surface area contributed by atoms with Gasteiger partial charge in [0.05, 0.1) is 5.52 Å². The van der Waals surface area contributed by atoms with Crippen molar-refractivity contribution in [1.29, 1.82) is 0 Å². The van der Waals surface area contributed by atoms with Crippen molar-refractivity contribution < 1.29 is 0 Å². The van der Waals surface area contributed by atoms with Gasteiger partial charge in [0, 0.05) is 24.2 Å². The Morgan fingerprint density at radius 3 is 2.12 bits per heavy atom. The van der Waals surface area contributed by atoms with Gasteiger partial charge in [0.25, 0.3) is 0 Å². The SMILES string of the molecule is C=CCCCCCCCCCCCCc1cc(=O)c2ccccc2n1C. The molecular weight excluding hydrogens is 318 g/mol. The van der Waals surface area contributed by atoms with Gasteiger partial charge >= 0.3 is 0 Å². The number of nitrogens with zero attached hydrogens (tertiary/aromatic N) is 1. The average molecular weight is 354 g/mol. The standard InChI is InChI=1S/C24H35NO/c1-3-4-5-6-7-8-9-10-11-12-13-14-17-21-20-24(26)22-18-15-16-19-23(22)25(21)2/h3,15-16,18-20H,1,4-14,17H2,2H3. The van der Waals surface area contributed by atoms with E-state index < -0.39 is 0 Å². The fraction of sp³-hybridized carbons (Fsp3) is 0.542. The third-order valence-electron chi connectivity index (χ3n) is 5.35. The number of aryl methyl sites for hydroxylation is 2. The molecule has 0 saturated heterocycles. The van der Waals surface area contributed by atoms with E-state index in [1.54, 1.807) is 0 Å². The van der Waals surface area contributed by atoms with Crippen LogP contribution in [0.15, 0.2) is 47.8 Å². The molecule has 2 aromatic rings. The highest BCUT2D eigenvalue weighted by atomic mass is 16.1. The van der Waals surface area contributed by atoms with E-state index in [1.807, 2.05) is 36.4 Å². The number of para-hydroxylation sites is 1. The maximum absolute atomic E-state index is 12.3. The number of hydrogen-bond donors (Lipinski definition) is 0. The van der Waals surface area contributed by atoms with Crippen molar-refractivity contribution in [3.05, 3.63) is 58.9 Å². The first-order valence-corrected chi connectivity index (χ1v) is 10.4. The maximum atomic E-state index is 12.3. The van der Waals surface area contributed by atoms with E-state index in [4.69, 9.17) is 0 Å². The molecule has 0 saturated carbocycles. The largest absolute Gasteiger partial charge is 0.347 e. The number of aromatic nitrogens is 1. The van der Waals surface area contributed by atoms with E-state index in [0.29, 0.717) is 0 Å². The zero-order valence-electron chi connectivity index (χ0n) is 16.5. The molecule has 0 aliphatic heterocycles. The minimum atomic E-state index is 0.154. The molecule has 2 heteroatoms. The van der Waals surface area contributed by atoms with Gasteiger partial charge in [-0.25, -0.2) is 0 Å². The Morgan fingerprint density at radius 2 is 1.46 bits per heavy atom. The first-order chi connectivity index (χ1) is 12.7. The lowest BCUT2D eigenvalue weighted by atomic mass is 10.0. The van der Waals surface area contributed by atoms with Crippen molar-refractivity contribution in [2.45, 2.75) is 77.0 Å². The molecule has 142 valence electrons. The number of allylic oxidation sites excluding steroid dienone is 1. The quantitative estimate of drug-likeness (QED) is 0.295. The average Bonchev–Trinajstić information content (AvgIpc) is 2.66. The highest BCUT2D eigenvalue weighted by Crippen LogP contribution is 2.15. The van der Waals surface area contributed by atoms with Crippen LogP contribution in [0.4, 0.5) is 0 Å². The summed E-state index contributed by atoms with van der Waals surface area (Å²) in [5.74, 6) is 0. The third kappa shape index (κ3) is 6.48. The normalized spacial score (nSPS) is 11.1. The Morgan fingerprint density at radius 1 is 0.885 bits per heavy atom. The summed E-state index contributed by atoms with van der Waals surface area (Å²) in [4.78, 5) is 12.3. The number of fused-ring (bicyclic) bond motifs is 1. The van der Waals surface area contributed by atoms with Crippen molar-refractivity contribution in [1.82, 2.24) is 4.57 Å². The van der Waals surface area contributed by atoms with E-state index in [0.717, 1.165) is 23.0 Å². The summed E-state index contributed by atoms with van der Waals surface area (Å²) in [5, 5.41) is 0.822. The zero-order valence-corrected chi connectivity index (χ0v) is 16.5. The monoisotopic (exact) mass is 353 g/mol. The Hall–Kier alpha value is -1.83. The first-order valence-electron chi connectivity index (χ1n) is 10.4. The summed E-state index contributed by atoms with van der Waals surface area (Å²) in [5.41, 5.74) is 2.36. The Kier molecular flexibility index (Phi) is 9.23. The molecule has 0 aliphatic rings. The molecular formula is C24H35NO. The molecule has 0 fully saturated rings. The highest BCUT2D eigenvalue weighted by molar-refractivity contribution is 5.79. The molecule has 26 heavy (non-hydrogen) atoms. The molecule has 1 aromatic heterocycles. The van der Waals surface area contributed by atoms with E-state index in [9.17, 15) is 4.79 Å². The molecule has 0 radical (unpaired) electrons. The molecule has 0 bridgehead atoms. The molecule has 0 aliphatic carbocycles. The molecule has 1 heterocycles. The van der Waals surface area contributed by atoms with Gasteiger partial charge in [-0.3, -0.25) is 4.79 Å². The van der Waals surface area contributed by atoms with E-state index in [-0.39, 0.29) is 5.43 Å². The number of benzene rings is 1. The topological polar surface area (TPSA) is 22.0 Å². The zero-order chi connectivity index (χ0) is 18.6. The maximum Gasteiger partial charge on any atom is 0.189 e. The van der Waals surface area contributed by atoms with Gasteiger partial charge < -0.3 is 4.57 Å². The molecule has 1 aromatic carbocycles. The number of hydrogen-bond acceptors (Lipinski definition) is 1. The van der Waals surface area contributed by atoms with E-state index in [2.05, 4.69) is 18.2 Å². The van der Waals surface area contributed by atoms with Crippen LogP contribution in [0.2, 0.25) is 0 Å². The number of pyridine rings is 1. The second-order valence-electron chi connectivity index (χ2n) is 7.44. The van der Waals surface area contributed by atoms with Crippen LogP contribution in [-0.4, -0.2) is 4.57 Å². The lowest BCUT2D eigenvalue weighted by molar-refractivity contribution is 0.550. The summed E-state index contributed by atoms with van der Waals surface area (Å²) >= 11 is 0. The minimum absolute atomic E-state index is 0.154. The van der Waals surface area contributed by atoms with Crippen molar-refractivity contribution in [2.24, 2.45) is 7.05 Å². The van der Waals surface area contributed by atoms with Gasteiger partial charge in [0.2, 0.25) is 0 Å². The Labute approximate surface area is 158 Å². The molecule has 0 amide bonds. The van der Waals surface area contributed by atoms with Crippen molar-refractivity contribution in [2.75, 3.05) is 0 Å². The predicted octanol–water partition coefficient (Wildman–Crippen LogP) is 6.56. The fourth-order valence-electron chi connectivity index (χ4n) is 3.70. The van der Waals surface area contributed by atoms with Crippen molar-refractivity contribution in [3.63, 3.8) is 0 Å². The molecule has 2 rings (SSSR count). The van der Waals surface area contributed by atoms with Gasteiger partial charge in [-0.1, -0.05) is 69.6 Å². The van der Waals surface area contributed by atoms with Crippen LogP contribution in [0.1, 0.15) is 76.3 Å². The van der Waals surface area contributed by atoms with Crippen LogP contribution in [0, 0.1) is 0 Å². The third-order valence-corrected chi connectivity index (χ3v) is 5.35. The minimum Gasteiger partial charge on any atom is -0.347 e. The van der Waals surface area contributed by atoms with E-state index in [1.165, 1.54) is 70.6 Å². The molecule has 0 atom stereocenters. The van der Waals surface area contributed by atoms with Gasteiger partial charge in [-0.15, -0.1) is 6.58 Å². The van der Waals surface area contributed by atoms with Crippen molar-refractivity contribution >= 4 is 10.9 Å². The highest BCUT2D eigenvalue weighted by Gasteiger charge is 2.05. The lowest BCUT2D eigenvalue weighted by Crippen LogP contribution is -2.11. The number of unbranched alkanes of at least 4 members (excludes halogenated alkanes) is 10. The van der Waals surface area contributed by atoms with E-state index >= 15 is 0 Å². The predicted molar refractivity (Wildman–Crippen MR) is 114 cm³/mol. The van der Waals surface area contributed by atoms with Gasteiger partial charge in [-0.05, 0) is 37.8 Å². The molecule has 0 spiro atoms. The summed E-state index contributed by atoms with van der Waals surface area (Å²) in [6, 6.07) is 9.73. The van der Waals surface area contributed by atoms with Gasteiger partial charge in [0.15, 0.2) is 5.43 Å². The first kappa shape index (κ1) is 20.5. The van der Waals surface area contributed by atoms with Crippen LogP contribution in [0.5, 0.6) is 0 Å². The summed E-state index contributed by atoms with van der Waals surface area (Å²) in [6.45, 7) is 3.77. The van der Waals surface area contributed by atoms with Crippen LogP contribution >= 0.6 is 0 Å².